The molecule has 0 aliphatic heterocycles. The van der Waals surface area contributed by atoms with Gasteiger partial charge < -0.3 is 10.1 Å². The molecule has 0 aliphatic carbocycles. The molecule has 3 nitrogen and oxygen atoms in total. The first-order valence-electron chi connectivity index (χ1n) is 6.35. The van der Waals surface area contributed by atoms with Gasteiger partial charge in [-0.25, -0.2) is 0 Å². The maximum Gasteiger partial charge on any atom is 0.130 e. The molecule has 0 bridgehead atoms. The van der Waals surface area contributed by atoms with E-state index in [-0.39, 0.29) is 0 Å². The zero-order chi connectivity index (χ0) is 13.5. The van der Waals surface area contributed by atoms with Crippen molar-refractivity contribution >= 4 is 17.3 Å². The van der Waals surface area contributed by atoms with Crippen molar-refractivity contribution in [1.82, 2.24) is 4.98 Å². The molecule has 0 amide bonds. The lowest BCUT2D eigenvalue weighted by Crippen LogP contribution is -2.03. The van der Waals surface area contributed by atoms with E-state index in [1.165, 1.54) is 0 Å². The van der Waals surface area contributed by atoms with Crippen molar-refractivity contribution in [2.45, 2.75) is 20.0 Å². The Morgan fingerprint density at radius 3 is 2.74 bits per heavy atom. The number of pyridine rings is 1. The number of nitrogens with one attached hydrogen (secondary N) is 1. The lowest BCUT2D eigenvalue weighted by molar-refractivity contribution is 0.301. The first kappa shape index (κ1) is 13.7. The quantitative estimate of drug-likeness (QED) is 0.861. The largest absolute Gasteiger partial charge is 0.487 e. The van der Waals surface area contributed by atoms with Crippen LogP contribution in [0.25, 0.3) is 0 Å². The molecule has 0 atom stereocenters. The zero-order valence-corrected chi connectivity index (χ0v) is 11.7. The van der Waals surface area contributed by atoms with E-state index in [9.17, 15) is 0 Å². The smallest absolute Gasteiger partial charge is 0.130 e. The Morgan fingerprint density at radius 1 is 1.21 bits per heavy atom. The van der Waals surface area contributed by atoms with Gasteiger partial charge in [-0.3, -0.25) is 4.98 Å². The Labute approximate surface area is 118 Å². The van der Waals surface area contributed by atoms with Crippen LogP contribution in [0.5, 0.6) is 5.75 Å². The first-order chi connectivity index (χ1) is 9.28. The first-order valence-corrected chi connectivity index (χ1v) is 6.73. The highest BCUT2D eigenvalue weighted by Crippen LogP contribution is 2.17. The SMILES string of the molecule is CCCNc1ccnc(COc2ccc(Cl)cc2)c1. The summed E-state index contributed by atoms with van der Waals surface area (Å²) in [6.45, 7) is 3.55. The lowest BCUT2D eigenvalue weighted by Gasteiger charge is -2.08. The van der Waals surface area contributed by atoms with Crippen LogP contribution < -0.4 is 10.1 Å². The molecule has 0 saturated heterocycles. The number of hydrogen-bond donors (Lipinski definition) is 1. The number of nitrogens with zero attached hydrogens (tertiary/aromatic N) is 1. The van der Waals surface area contributed by atoms with Gasteiger partial charge in [-0.2, -0.15) is 0 Å². The van der Waals surface area contributed by atoms with Crippen LogP contribution in [0.1, 0.15) is 19.0 Å². The van der Waals surface area contributed by atoms with Gasteiger partial charge in [-0.05, 0) is 42.8 Å². The Balaban J connectivity index is 1.93. The Hall–Kier alpha value is -1.74. The van der Waals surface area contributed by atoms with E-state index < -0.39 is 0 Å². The summed E-state index contributed by atoms with van der Waals surface area (Å²) in [5, 5.41) is 4.03. The van der Waals surface area contributed by atoms with Gasteiger partial charge in [-0.1, -0.05) is 18.5 Å². The van der Waals surface area contributed by atoms with Crippen molar-refractivity contribution in [3.8, 4) is 5.75 Å². The molecule has 0 fully saturated rings. The topological polar surface area (TPSA) is 34.2 Å². The Morgan fingerprint density at radius 2 is 2.00 bits per heavy atom. The number of aromatic nitrogens is 1. The predicted octanol–water partition coefficient (Wildman–Crippen LogP) is 4.14. The van der Waals surface area contributed by atoms with Gasteiger partial charge in [0, 0.05) is 23.5 Å². The number of anilines is 1. The fraction of sp³-hybridized carbons (Fsp3) is 0.267. The van der Waals surface area contributed by atoms with E-state index in [2.05, 4.69) is 17.2 Å². The minimum Gasteiger partial charge on any atom is -0.487 e. The van der Waals surface area contributed by atoms with E-state index in [4.69, 9.17) is 16.3 Å². The molecule has 1 aromatic carbocycles. The zero-order valence-electron chi connectivity index (χ0n) is 10.9. The van der Waals surface area contributed by atoms with Gasteiger partial charge >= 0.3 is 0 Å². The van der Waals surface area contributed by atoms with Crippen molar-refractivity contribution < 1.29 is 4.74 Å². The van der Waals surface area contributed by atoms with Crippen molar-refractivity contribution in [3.05, 3.63) is 53.3 Å². The average Bonchev–Trinajstić information content (AvgIpc) is 2.45. The van der Waals surface area contributed by atoms with Gasteiger partial charge in [0.25, 0.3) is 0 Å². The van der Waals surface area contributed by atoms with Gasteiger partial charge in [0.05, 0.1) is 5.69 Å². The number of rotatable bonds is 6. The minimum absolute atomic E-state index is 0.448. The third kappa shape index (κ3) is 4.45. The molecule has 1 N–H and O–H groups in total. The van der Waals surface area contributed by atoms with Crippen molar-refractivity contribution in [3.63, 3.8) is 0 Å². The third-order valence-electron chi connectivity index (χ3n) is 2.60. The van der Waals surface area contributed by atoms with Crippen LogP contribution in [-0.2, 0) is 6.61 Å². The molecule has 100 valence electrons. The van der Waals surface area contributed by atoms with Crippen LogP contribution in [0, 0.1) is 0 Å². The summed E-state index contributed by atoms with van der Waals surface area (Å²) in [4.78, 5) is 4.29. The normalized spacial score (nSPS) is 10.2. The molecule has 4 heteroatoms. The van der Waals surface area contributed by atoms with E-state index >= 15 is 0 Å². The lowest BCUT2D eigenvalue weighted by atomic mass is 10.3. The number of ether oxygens (including phenoxy) is 1. The van der Waals surface area contributed by atoms with Gasteiger partial charge in [0.15, 0.2) is 0 Å². The molecule has 1 aromatic heterocycles. The minimum atomic E-state index is 0.448. The molecule has 2 rings (SSSR count). The molecule has 19 heavy (non-hydrogen) atoms. The molecular formula is C15H17ClN2O. The Kier molecular flexibility index (Phi) is 5.04. The average molecular weight is 277 g/mol. The summed E-state index contributed by atoms with van der Waals surface area (Å²) >= 11 is 5.82. The second-order valence-electron chi connectivity index (χ2n) is 4.21. The second-order valence-corrected chi connectivity index (χ2v) is 4.64. The van der Waals surface area contributed by atoms with E-state index in [1.54, 1.807) is 6.20 Å². The van der Waals surface area contributed by atoms with Crippen LogP contribution >= 0.6 is 11.6 Å². The van der Waals surface area contributed by atoms with Gasteiger partial charge in [-0.15, -0.1) is 0 Å². The Bertz CT molecular complexity index is 514. The fourth-order valence-electron chi connectivity index (χ4n) is 1.62. The van der Waals surface area contributed by atoms with E-state index in [1.807, 2.05) is 36.4 Å². The van der Waals surface area contributed by atoms with Crippen LogP contribution in [0.3, 0.4) is 0 Å². The molecule has 2 aromatic rings. The highest BCUT2D eigenvalue weighted by molar-refractivity contribution is 6.30. The molecule has 0 saturated carbocycles. The fourth-order valence-corrected chi connectivity index (χ4v) is 1.75. The van der Waals surface area contributed by atoms with E-state index in [0.717, 1.165) is 30.1 Å². The molecule has 0 spiro atoms. The molecule has 0 radical (unpaired) electrons. The van der Waals surface area contributed by atoms with Crippen LogP contribution in [0.4, 0.5) is 5.69 Å². The standard InChI is InChI=1S/C15H17ClN2O/c1-2-8-17-13-7-9-18-14(10-13)11-19-15-5-3-12(16)4-6-15/h3-7,9-10H,2,8,11H2,1H3,(H,17,18). The highest BCUT2D eigenvalue weighted by atomic mass is 35.5. The number of hydrogen-bond acceptors (Lipinski definition) is 3. The number of benzene rings is 1. The predicted molar refractivity (Wildman–Crippen MR) is 78.8 cm³/mol. The van der Waals surface area contributed by atoms with E-state index in [0.29, 0.717) is 11.6 Å². The monoisotopic (exact) mass is 276 g/mol. The molecule has 0 aliphatic rings. The third-order valence-corrected chi connectivity index (χ3v) is 2.85. The highest BCUT2D eigenvalue weighted by Gasteiger charge is 1.99. The summed E-state index contributed by atoms with van der Waals surface area (Å²) in [6.07, 6.45) is 2.89. The van der Waals surface area contributed by atoms with Crippen molar-refractivity contribution in [1.29, 1.82) is 0 Å². The summed E-state index contributed by atoms with van der Waals surface area (Å²) in [5.41, 5.74) is 1.97. The van der Waals surface area contributed by atoms with Crippen LogP contribution in [-0.4, -0.2) is 11.5 Å². The van der Waals surface area contributed by atoms with Crippen molar-refractivity contribution in [2.24, 2.45) is 0 Å². The summed E-state index contributed by atoms with van der Waals surface area (Å²) in [5.74, 6) is 0.790. The van der Waals surface area contributed by atoms with Gasteiger partial charge in [0.2, 0.25) is 0 Å². The summed E-state index contributed by atoms with van der Waals surface area (Å²) in [7, 11) is 0. The summed E-state index contributed by atoms with van der Waals surface area (Å²) < 4.78 is 5.66. The second kappa shape index (κ2) is 7.00. The maximum atomic E-state index is 5.82. The maximum absolute atomic E-state index is 5.82. The number of halogens is 1. The summed E-state index contributed by atoms with van der Waals surface area (Å²) in [6, 6.07) is 11.3. The van der Waals surface area contributed by atoms with Gasteiger partial charge in [0.1, 0.15) is 12.4 Å². The van der Waals surface area contributed by atoms with Crippen LogP contribution in [0.2, 0.25) is 5.02 Å². The van der Waals surface area contributed by atoms with Crippen molar-refractivity contribution in [2.75, 3.05) is 11.9 Å². The molecule has 1 heterocycles. The molecule has 0 unspecified atom stereocenters. The van der Waals surface area contributed by atoms with Crippen LogP contribution in [0.15, 0.2) is 42.6 Å². The molecular weight excluding hydrogens is 260 g/mol.